The topological polar surface area (TPSA) is 15.3 Å². The molecule has 1 aliphatic heterocycles. The van der Waals surface area contributed by atoms with Crippen LogP contribution in [0.2, 0.25) is 0 Å². The molecule has 2 aliphatic rings. The average Bonchev–Trinajstić information content (AvgIpc) is 2.99. The van der Waals surface area contributed by atoms with Gasteiger partial charge >= 0.3 is 0 Å². The molecule has 0 radical (unpaired) electrons. The van der Waals surface area contributed by atoms with E-state index in [1.165, 1.54) is 51.9 Å². The Morgan fingerprint density at radius 1 is 1.38 bits per heavy atom. The van der Waals surface area contributed by atoms with Crippen LogP contribution in [0.1, 0.15) is 46.5 Å². The number of rotatable bonds is 5. The van der Waals surface area contributed by atoms with E-state index in [0.717, 1.165) is 17.4 Å². The maximum Gasteiger partial charge on any atom is 0.0244 e. The summed E-state index contributed by atoms with van der Waals surface area (Å²) in [7, 11) is 0. The fourth-order valence-corrected chi connectivity index (χ4v) is 3.25. The largest absolute Gasteiger partial charge is 0.314 e. The summed E-state index contributed by atoms with van der Waals surface area (Å²) >= 11 is 0. The number of piperazine rings is 1. The lowest BCUT2D eigenvalue weighted by Crippen LogP contribution is -2.54. The Balaban J connectivity index is 1.91. The van der Waals surface area contributed by atoms with Crippen molar-refractivity contribution < 1.29 is 0 Å². The lowest BCUT2D eigenvalue weighted by atomic mass is 9.95. The smallest absolute Gasteiger partial charge is 0.0244 e. The molecule has 0 bridgehead atoms. The maximum atomic E-state index is 3.54. The second kappa shape index (κ2) is 5.05. The van der Waals surface area contributed by atoms with E-state index in [-0.39, 0.29) is 0 Å². The summed E-state index contributed by atoms with van der Waals surface area (Å²) in [5, 5.41) is 3.54. The Morgan fingerprint density at radius 3 is 2.69 bits per heavy atom. The van der Waals surface area contributed by atoms with Crippen LogP contribution in [0.3, 0.4) is 0 Å². The van der Waals surface area contributed by atoms with Gasteiger partial charge in [0.25, 0.3) is 0 Å². The van der Waals surface area contributed by atoms with Crippen molar-refractivity contribution in [3.63, 3.8) is 0 Å². The monoisotopic (exact) mass is 224 g/mol. The molecule has 0 spiro atoms. The highest BCUT2D eigenvalue weighted by Gasteiger charge is 2.44. The van der Waals surface area contributed by atoms with Crippen molar-refractivity contribution in [1.29, 1.82) is 0 Å². The molecule has 0 amide bonds. The van der Waals surface area contributed by atoms with Crippen LogP contribution in [0.4, 0.5) is 0 Å². The van der Waals surface area contributed by atoms with Crippen LogP contribution in [-0.4, -0.2) is 37.1 Å². The molecule has 94 valence electrons. The highest BCUT2D eigenvalue weighted by molar-refractivity contribution is 4.97. The Bertz CT molecular complexity index is 221. The van der Waals surface area contributed by atoms with Crippen molar-refractivity contribution in [2.45, 2.75) is 52.5 Å². The molecular weight excluding hydrogens is 196 g/mol. The SMILES string of the molecule is CCCC1(CN2CCNCC2C(C)C)CC1. The van der Waals surface area contributed by atoms with Gasteiger partial charge in [-0.1, -0.05) is 27.2 Å². The molecule has 0 aromatic heterocycles. The van der Waals surface area contributed by atoms with Crippen molar-refractivity contribution in [3.8, 4) is 0 Å². The van der Waals surface area contributed by atoms with Crippen LogP contribution in [0, 0.1) is 11.3 Å². The molecule has 1 atom stereocenters. The Morgan fingerprint density at radius 2 is 2.12 bits per heavy atom. The first-order valence-corrected chi connectivity index (χ1v) is 7.12. The summed E-state index contributed by atoms with van der Waals surface area (Å²) in [6.45, 7) is 12.1. The first-order valence-electron chi connectivity index (χ1n) is 7.12. The Kier molecular flexibility index (Phi) is 3.91. The van der Waals surface area contributed by atoms with Crippen molar-refractivity contribution in [1.82, 2.24) is 10.2 Å². The average molecular weight is 224 g/mol. The highest BCUT2D eigenvalue weighted by atomic mass is 15.2. The molecule has 1 N–H and O–H groups in total. The van der Waals surface area contributed by atoms with Gasteiger partial charge in [-0.3, -0.25) is 4.90 Å². The van der Waals surface area contributed by atoms with E-state index in [0.29, 0.717) is 0 Å². The van der Waals surface area contributed by atoms with Gasteiger partial charge in [-0.15, -0.1) is 0 Å². The van der Waals surface area contributed by atoms with E-state index in [9.17, 15) is 0 Å². The number of hydrogen-bond donors (Lipinski definition) is 1. The van der Waals surface area contributed by atoms with Crippen LogP contribution < -0.4 is 5.32 Å². The third-order valence-electron chi connectivity index (χ3n) is 4.44. The Labute approximate surface area is 101 Å². The minimum atomic E-state index is 0.721. The number of nitrogens with zero attached hydrogens (tertiary/aromatic N) is 1. The lowest BCUT2D eigenvalue weighted by Gasteiger charge is -2.40. The van der Waals surface area contributed by atoms with E-state index < -0.39 is 0 Å². The zero-order valence-corrected chi connectivity index (χ0v) is 11.3. The molecule has 1 heterocycles. The van der Waals surface area contributed by atoms with Gasteiger partial charge in [-0.05, 0) is 30.6 Å². The zero-order chi connectivity index (χ0) is 11.6. The van der Waals surface area contributed by atoms with E-state index in [1.807, 2.05) is 0 Å². The molecule has 0 aromatic carbocycles. The van der Waals surface area contributed by atoms with Gasteiger partial charge in [-0.25, -0.2) is 0 Å². The summed E-state index contributed by atoms with van der Waals surface area (Å²) in [6, 6.07) is 0.767. The molecular formula is C14H28N2. The van der Waals surface area contributed by atoms with Gasteiger partial charge in [0.1, 0.15) is 0 Å². The minimum absolute atomic E-state index is 0.721. The summed E-state index contributed by atoms with van der Waals surface area (Å²) in [4.78, 5) is 2.77. The molecule has 2 rings (SSSR count). The summed E-state index contributed by atoms with van der Waals surface area (Å²) < 4.78 is 0. The van der Waals surface area contributed by atoms with Gasteiger partial charge in [0.2, 0.25) is 0 Å². The predicted octanol–water partition coefficient (Wildman–Crippen LogP) is 2.50. The third-order valence-corrected chi connectivity index (χ3v) is 4.44. The number of hydrogen-bond acceptors (Lipinski definition) is 2. The second-order valence-electron chi connectivity index (χ2n) is 6.24. The van der Waals surface area contributed by atoms with Crippen LogP contribution in [0.25, 0.3) is 0 Å². The molecule has 1 unspecified atom stereocenters. The van der Waals surface area contributed by atoms with Gasteiger partial charge in [0, 0.05) is 32.2 Å². The highest BCUT2D eigenvalue weighted by Crippen LogP contribution is 2.50. The second-order valence-corrected chi connectivity index (χ2v) is 6.24. The van der Waals surface area contributed by atoms with Gasteiger partial charge in [0.05, 0.1) is 0 Å². The van der Waals surface area contributed by atoms with Crippen molar-refractivity contribution in [2.24, 2.45) is 11.3 Å². The van der Waals surface area contributed by atoms with Gasteiger partial charge < -0.3 is 5.32 Å². The van der Waals surface area contributed by atoms with Crippen molar-refractivity contribution >= 4 is 0 Å². The fraction of sp³-hybridized carbons (Fsp3) is 1.00. The van der Waals surface area contributed by atoms with Gasteiger partial charge in [-0.2, -0.15) is 0 Å². The lowest BCUT2D eigenvalue weighted by molar-refractivity contribution is 0.0963. The molecule has 2 heteroatoms. The van der Waals surface area contributed by atoms with Crippen LogP contribution in [0.5, 0.6) is 0 Å². The van der Waals surface area contributed by atoms with Crippen molar-refractivity contribution in [3.05, 3.63) is 0 Å². The quantitative estimate of drug-likeness (QED) is 0.772. The first kappa shape index (κ1) is 12.4. The molecule has 1 saturated carbocycles. The molecule has 1 aliphatic carbocycles. The molecule has 2 fully saturated rings. The van der Waals surface area contributed by atoms with Crippen molar-refractivity contribution in [2.75, 3.05) is 26.2 Å². The van der Waals surface area contributed by atoms with Crippen LogP contribution in [0.15, 0.2) is 0 Å². The maximum absolute atomic E-state index is 3.54. The predicted molar refractivity (Wildman–Crippen MR) is 69.6 cm³/mol. The molecule has 16 heavy (non-hydrogen) atoms. The standard InChI is InChI=1S/C14H28N2/c1-4-5-14(6-7-14)11-16-9-8-15-10-13(16)12(2)3/h12-13,15H,4-11H2,1-3H3. The summed E-state index contributed by atoms with van der Waals surface area (Å²) in [5.41, 5.74) is 0.721. The molecule has 1 saturated heterocycles. The summed E-state index contributed by atoms with van der Waals surface area (Å²) in [6.07, 6.45) is 5.77. The van der Waals surface area contributed by atoms with Crippen LogP contribution in [-0.2, 0) is 0 Å². The number of nitrogens with one attached hydrogen (secondary N) is 1. The normalized spacial score (nSPS) is 29.6. The first-order chi connectivity index (χ1) is 7.67. The molecule has 2 nitrogen and oxygen atoms in total. The van der Waals surface area contributed by atoms with E-state index in [1.54, 1.807) is 0 Å². The third kappa shape index (κ3) is 2.78. The van der Waals surface area contributed by atoms with Gasteiger partial charge in [0.15, 0.2) is 0 Å². The van der Waals surface area contributed by atoms with Crippen LogP contribution >= 0.6 is 0 Å². The summed E-state index contributed by atoms with van der Waals surface area (Å²) in [5.74, 6) is 0.783. The zero-order valence-electron chi connectivity index (χ0n) is 11.3. The molecule has 0 aromatic rings. The van der Waals surface area contributed by atoms with E-state index in [4.69, 9.17) is 0 Å². The minimum Gasteiger partial charge on any atom is -0.314 e. The van der Waals surface area contributed by atoms with E-state index in [2.05, 4.69) is 31.0 Å². The Hall–Kier alpha value is -0.0800. The fourth-order valence-electron chi connectivity index (χ4n) is 3.25. The van der Waals surface area contributed by atoms with E-state index >= 15 is 0 Å².